The highest BCUT2D eigenvalue weighted by Crippen LogP contribution is 2.26. The van der Waals surface area contributed by atoms with Gasteiger partial charge in [-0.1, -0.05) is 207 Å². The highest BCUT2D eigenvalue weighted by atomic mass is 16.7. The molecule has 1 heterocycles. The standard InChI is InChI=1S/C67H108O12/c1-4-7-10-13-16-19-22-25-27-29-30-32-34-37-40-43-46-49-52-55-61(70)78-65-63(72)62(71)64(66(73)74)79-67(65)76-57-58(77-60(69)54-51-48-45-42-39-35-24-21-18-15-12-9-6-3)56-75-59(68)53-50-47-44-41-38-36-33-31-28-26-23-20-17-14-11-8-5-2/h7-8,10-11,16-17,19-21,24-28,30,32-33,36,58,62-65,67,71-72H,4-6,9,12-15,18,22-23,29,31,34-35,37-57H2,1-3H3,(H,73,74)/b10-7-,11-8-,19-16-,20-17-,24-21-,27-25-,28-26-,32-30-,36-33-. The number of hydrogen-bond acceptors (Lipinski definition) is 11. The third-order valence-electron chi connectivity index (χ3n) is 13.3. The second-order valence-electron chi connectivity index (χ2n) is 20.6. The molecule has 0 aromatic rings. The zero-order valence-corrected chi connectivity index (χ0v) is 49.3. The van der Waals surface area contributed by atoms with Crippen molar-refractivity contribution in [2.24, 2.45) is 0 Å². The zero-order chi connectivity index (χ0) is 57.5. The van der Waals surface area contributed by atoms with Gasteiger partial charge in [-0.2, -0.15) is 0 Å². The summed E-state index contributed by atoms with van der Waals surface area (Å²) in [5.41, 5.74) is 0. The van der Waals surface area contributed by atoms with Gasteiger partial charge in [0.25, 0.3) is 0 Å². The van der Waals surface area contributed by atoms with Gasteiger partial charge >= 0.3 is 23.9 Å². The van der Waals surface area contributed by atoms with Crippen molar-refractivity contribution in [1.29, 1.82) is 0 Å². The summed E-state index contributed by atoms with van der Waals surface area (Å²) < 4.78 is 28.4. The summed E-state index contributed by atoms with van der Waals surface area (Å²) in [5.74, 6) is -3.19. The summed E-state index contributed by atoms with van der Waals surface area (Å²) in [5, 5.41) is 31.5. The molecule has 3 N–H and O–H groups in total. The molecule has 1 fully saturated rings. The van der Waals surface area contributed by atoms with Gasteiger partial charge in [0.05, 0.1) is 6.61 Å². The molecule has 0 amide bonds. The van der Waals surface area contributed by atoms with Crippen LogP contribution in [-0.2, 0) is 42.9 Å². The van der Waals surface area contributed by atoms with Gasteiger partial charge in [-0.25, -0.2) is 4.79 Å². The predicted molar refractivity (Wildman–Crippen MR) is 321 cm³/mol. The van der Waals surface area contributed by atoms with Crippen molar-refractivity contribution in [2.45, 2.75) is 276 Å². The van der Waals surface area contributed by atoms with E-state index in [-0.39, 0.29) is 25.9 Å². The molecular formula is C67H108O12. The number of carboxylic acids is 1. The van der Waals surface area contributed by atoms with Crippen molar-refractivity contribution in [3.05, 3.63) is 109 Å². The maximum Gasteiger partial charge on any atom is 0.335 e. The van der Waals surface area contributed by atoms with E-state index in [1.165, 1.54) is 25.7 Å². The first-order chi connectivity index (χ1) is 38.6. The van der Waals surface area contributed by atoms with E-state index in [4.69, 9.17) is 23.7 Å². The molecule has 12 nitrogen and oxygen atoms in total. The Labute approximate surface area is 478 Å². The molecule has 79 heavy (non-hydrogen) atoms. The van der Waals surface area contributed by atoms with Gasteiger partial charge in [-0.05, 0) is 122 Å². The number of carboxylic acid groups (broad SMARTS) is 1. The van der Waals surface area contributed by atoms with Crippen molar-refractivity contribution in [3.63, 3.8) is 0 Å². The summed E-state index contributed by atoms with van der Waals surface area (Å²) >= 11 is 0. The summed E-state index contributed by atoms with van der Waals surface area (Å²) in [7, 11) is 0. The number of aliphatic hydroxyl groups is 2. The molecule has 1 rings (SSSR count). The van der Waals surface area contributed by atoms with Crippen LogP contribution in [0.15, 0.2) is 109 Å². The van der Waals surface area contributed by atoms with Crippen LogP contribution in [0.4, 0.5) is 0 Å². The number of carbonyl (C=O) groups excluding carboxylic acids is 3. The van der Waals surface area contributed by atoms with Gasteiger partial charge in [0.2, 0.25) is 0 Å². The van der Waals surface area contributed by atoms with Crippen LogP contribution in [0.3, 0.4) is 0 Å². The molecular weight excluding hydrogens is 997 g/mol. The van der Waals surface area contributed by atoms with Gasteiger partial charge in [0, 0.05) is 19.3 Å². The Bertz CT molecular complexity index is 1790. The van der Waals surface area contributed by atoms with Crippen LogP contribution in [0, 0.1) is 0 Å². The summed E-state index contributed by atoms with van der Waals surface area (Å²) in [6.45, 7) is 5.72. The third kappa shape index (κ3) is 43.8. The number of unbranched alkanes of at least 4 members (excludes halogenated alkanes) is 19. The molecule has 0 aromatic carbocycles. The van der Waals surface area contributed by atoms with Gasteiger partial charge in [-0.15, -0.1) is 0 Å². The lowest BCUT2D eigenvalue weighted by molar-refractivity contribution is -0.301. The van der Waals surface area contributed by atoms with Crippen LogP contribution in [-0.4, -0.2) is 89.2 Å². The molecule has 448 valence electrons. The minimum absolute atomic E-state index is 0.0358. The molecule has 1 aliphatic heterocycles. The first kappa shape index (κ1) is 72.4. The molecule has 0 aromatic heterocycles. The van der Waals surface area contributed by atoms with Crippen LogP contribution in [0.25, 0.3) is 0 Å². The number of aliphatic hydroxyl groups excluding tert-OH is 2. The lowest BCUT2D eigenvalue weighted by atomic mass is 9.98. The molecule has 0 radical (unpaired) electrons. The second-order valence-corrected chi connectivity index (χ2v) is 20.6. The normalized spacial score (nSPS) is 18.6. The Morgan fingerprint density at radius 1 is 0.430 bits per heavy atom. The van der Waals surface area contributed by atoms with E-state index >= 15 is 0 Å². The smallest absolute Gasteiger partial charge is 0.335 e. The molecule has 6 unspecified atom stereocenters. The van der Waals surface area contributed by atoms with E-state index in [1.54, 1.807) is 0 Å². The van der Waals surface area contributed by atoms with Crippen molar-refractivity contribution in [1.82, 2.24) is 0 Å². The molecule has 0 saturated carbocycles. The van der Waals surface area contributed by atoms with E-state index in [2.05, 4.69) is 130 Å². The quantitative estimate of drug-likeness (QED) is 0.0228. The number of hydrogen-bond donors (Lipinski definition) is 3. The predicted octanol–water partition coefficient (Wildman–Crippen LogP) is 16.2. The third-order valence-corrected chi connectivity index (χ3v) is 13.3. The summed E-state index contributed by atoms with van der Waals surface area (Å²) in [6.07, 6.45) is 60.4. The van der Waals surface area contributed by atoms with Crippen LogP contribution < -0.4 is 0 Å². The zero-order valence-electron chi connectivity index (χ0n) is 49.3. The summed E-state index contributed by atoms with van der Waals surface area (Å²) in [6, 6.07) is 0. The second kappa shape index (κ2) is 54.0. The van der Waals surface area contributed by atoms with Crippen LogP contribution >= 0.6 is 0 Å². The number of aliphatic carboxylic acids is 1. The molecule has 1 saturated heterocycles. The maximum absolute atomic E-state index is 13.2. The van der Waals surface area contributed by atoms with E-state index < -0.39 is 67.3 Å². The van der Waals surface area contributed by atoms with Crippen LogP contribution in [0.5, 0.6) is 0 Å². The number of ether oxygens (including phenoxy) is 5. The Kier molecular flexibility index (Phi) is 49.5. The van der Waals surface area contributed by atoms with Crippen LogP contribution in [0.2, 0.25) is 0 Å². The van der Waals surface area contributed by atoms with E-state index in [0.29, 0.717) is 19.3 Å². The van der Waals surface area contributed by atoms with Crippen molar-refractivity contribution in [2.75, 3.05) is 13.2 Å². The Morgan fingerprint density at radius 2 is 0.797 bits per heavy atom. The summed E-state index contributed by atoms with van der Waals surface area (Å²) in [4.78, 5) is 51.2. The lowest BCUT2D eigenvalue weighted by Gasteiger charge is -2.40. The topological polar surface area (TPSA) is 175 Å². The molecule has 0 bridgehead atoms. The Balaban J connectivity index is 2.70. The van der Waals surface area contributed by atoms with Crippen molar-refractivity contribution < 1.29 is 58.2 Å². The van der Waals surface area contributed by atoms with Gasteiger partial charge in [0.15, 0.2) is 24.6 Å². The fourth-order valence-electron chi connectivity index (χ4n) is 8.64. The maximum atomic E-state index is 13.2. The largest absolute Gasteiger partial charge is 0.479 e. The number of rotatable bonds is 51. The van der Waals surface area contributed by atoms with E-state index in [1.807, 2.05) is 0 Å². The number of allylic oxidation sites excluding steroid dienone is 18. The van der Waals surface area contributed by atoms with Crippen molar-refractivity contribution >= 4 is 23.9 Å². The first-order valence-electron chi connectivity index (χ1n) is 30.9. The fraction of sp³-hybridized carbons (Fsp3) is 0.672. The van der Waals surface area contributed by atoms with E-state index in [0.717, 1.165) is 154 Å². The van der Waals surface area contributed by atoms with Crippen LogP contribution in [0.1, 0.15) is 239 Å². The fourth-order valence-corrected chi connectivity index (χ4v) is 8.64. The molecule has 0 aliphatic carbocycles. The SMILES string of the molecule is CC/C=C\C/C=C\C/C=C\C/C=C\CCCCCCCCC(=O)OC1C(OCC(COC(=O)CCCCCC/C=C\C/C=C\C/C=C\C/C=C\CC)OC(=O)CCCCCCC/C=C\CCCCCC)OC(C(=O)O)C(O)C1O. The highest BCUT2D eigenvalue weighted by Gasteiger charge is 2.50. The first-order valence-corrected chi connectivity index (χ1v) is 30.9. The Morgan fingerprint density at radius 3 is 1.23 bits per heavy atom. The van der Waals surface area contributed by atoms with E-state index in [9.17, 15) is 34.5 Å². The van der Waals surface area contributed by atoms with Gasteiger partial charge < -0.3 is 39.0 Å². The highest BCUT2D eigenvalue weighted by molar-refractivity contribution is 5.74. The van der Waals surface area contributed by atoms with Gasteiger partial charge in [0.1, 0.15) is 18.8 Å². The molecule has 12 heteroatoms. The van der Waals surface area contributed by atoms with Gasteiger partial charge in [-0.3, -0.25) is 14.4 Å². The Hall–Kier alpha value is -4.62. The average Bonchev–Trinajstić information content (AvgIpc) is 3.46. The lowest BCUT2D eigenvalue weighted by Crippen LogP contribution is -2.61. The number of esters is 3. The van der Waals surface area contributed by atoms with Crippen molar-refractivity contribution in [3.8, 4) is 0 Å². The monoisotopic (exact) mass is 1100 g/mol. The molecule has 6 atom stereocenters. The minimum atomic E-state index is -1.92. The average molecular weight is 1110 g/mol. The molecule has 1 aliphatic rings. The number of carbonyl (C=O) groups is 4. The minimum Gasteiger partial charge on any atom is -0.479 e. The molecule has 0 spiro atoms.